The molecule has 0 aliphatic rings. The summed E-state index contributed by atoms with van der Waals surface area (Å²) in [5.41, 5.74) is 0. The molecule has 0 spiro atoms. The van der Waals surface area contributed by atoms with E-state index in [1.54, 1.807) is 11.8 Å². The monoisotopic (exact) mass is 270 g/mol. The van der Waals surface area contributed by atoms with E-state index < -0.39 is 4.75 Å². The van der Waals surface area contributed by atoms with Crippen molar-refractivity contribution in [3.63, 3.8) is 0 Å². The Morgan fingerprint density at radius 1 is 1.24 bits per heavy atom. The highest BCUT2D eigenvalue weighted by Gasteiger charge is 2.30. The molecule has 0 unspecified atom stereocenters. The zero-order valence-electron chi connectivity index (χ0n) is 10.6. The van der Waals surface area contributed by atoms with Crippen LogP contribution in [0.1, 0.15) is 20.8 Å². The summed E-state index contributed by atoms with van der Waals surface area (Å²) in [7, 11) is 0. The molecule has 0 fully saturated rings. The van der Waals surface area contributed by atoms with E-state index in [9.17, 15) is 4.79 Å². The third-order valence-corrected chi connectivity index (χ3v) is 4.13. The molecule has 94 valence electrons. The van der Waals surface area contributed by atoms with Crippen LogP contribution in [0.25, 0.3) is 0 Å². The molecule has 0 aliphatic heterocycles. The molecule has 0 amide bonds. The minimum atomic E-state index is -0.545. The zero-order valence-corrected chi connectivity index (χ0v) is 12.3. The number of rotatable bonds is 5. The van der Waals surface area contributed by atoms with E-state index in [4.69, 9.17) is 4.74 Å². The van der Waals surface area contributed by atoms with Crippen LogP contribution in [0.3, 0.4) is 0 Å². The van der Waals surface area contributed by atoms with E-state index in [0.717, 1.165) is 4.90 Å². The molecule has 0 radical (unpaired) electrons. The second-order valence-corrected chi connectivity index (χ2v) is 6.58. The molecule has 0 bridgehead atoms. The van der Waals surface area contributed by atoms with E-state index >= 15 is 0 Å². The summed E-state index contributed by atoms with van der Waals surface area (Å²) in [6.45, 7) is 6.02. The Labute approximate surface area is 112 Å². The Bertz CT molecular complexity index is 372. The molecule has 1 aromatic rings. The van der Waals surface area contributed by atoms with E-state index in [0.29, 0.717) is 6.61 Å². The van der Waals surface area contributed by atoms with Gasteiger partial charge in [-0.25, -0.2) is 0 Å². The molecule has 0 N–H and O–H groups in total. The number of carbonyl (C=O) groups is 1. The number of hydrogen-bond donors (Lipinski definition) is 0. The molecule has 1 rings (SSSR count). The molecule has 0 saturated carbocycles. The largest absolute Gasteiger partial charge is 0.465 e. The van der Waals surface area contributed by atoms with Crippen molar-refractivity contribution in [2.75, 3.05) is 12.9 Å². The van der Waals surface area contributed by atoms with Gasteiger partial charge in [0, 0.05) is 9.79 Å². The standard InChI is InChI=1S/C13H18O2S2/c1-5-15-12(14)13(2,3)17-11-8-6-10(16-4)7-9-11/h6-9H,5H2,1-4H3. The third-order valence-electron chi connectivity index (χ3n) is 2.20. The summed E-state index contributed by atoms with van der Waals surface area (Å²) in [4.78, 5) is 14.1. The van der Waals surface area contributed by atoms with Gasteiger partial charge in [-0.15, -0.1) is 23.5 Å². The molecular formula is C13H18O2S2. The highest BCUT2D eigenvalue weighted by Crippen LogP contribution is 2.34. The number of thioether (sulfide) groups is 2. The molecule has 0 aromatic heterocycles. The Kier molecular flexibility index (Phi) is 5.40. The lowest BCUT2D eigenvalue weighted by Crippen LogP contribution is -2.29. The molecule has 0 aliphatic carbocycles. The zero-order chi connectivity index (χ0) is 12.9. The van der Waals surface area contributed by atoms with Crippen LogP contribution in [0.4, 0.5) is 0 Å². The molecule has 1 aromatic carbocycles. The highest BCUT2D eigenvalue weighted by atomic mass is 32.2. The van der Waals surface area contributed by atoms with Gasteiger partial charge in [0.2, 0.25) is 0 Å². The van der Waals surface area contributed by atoms with Gasteiger partial charge in [-0.05, 0) is 51.3 Å². The molecule has 4 heteroatoms. The van der Waals surface area contributed by atoms with Crippen molar-refractivity contribution in [2.45, 2.75) is 35.3 Å². The van der Waals surface area contributed by atoms with Gasteiger partial charge in [0.1, 0.15) is 4.75 Å². The van der Waals surface area contributed by atoms with Crippen LogP contribution in [0.5, 0.6) is 0 Å². The first-order valence-electron chi connectivity index (χ1n) is 5.50. The van der Waals surface area contributed by atoms with Crippen molar-refractivity contribution in [2.24, 2.45) is 0 Å². The van der Waals surface area contributed by atoms with Crippen molar-refractivity contribution in [3.05, 3.63) is 24.3 Å². The molecule has 17 heavy (non-hydrogen) atoms. The maximum Gasteiger partial charge on any atom is 0.321 e. The number of esters is 1. The second-order valence-electron chi connectivity index (χ2n) is 4.01. The summed E-state index contributed by atoms with van der Waals surface area (Å²) in [6, 6.07) is 8.21. The smallest absolute Gasteiger partial charge is 0.321 e. The number of benzene rings is 1. The molecular weight excluding hydrogens is 252 g/mol. The van der Waals surface area contributed by atoms with E-state index in [1.165, 1.54) is 16.7 Å². The van der Waals surface area contributed by atoms with Gasteiger partial charge in [-0.1, -0.05) is 0 Å². The van der Waals surface area contributed by atoms with Gasteiger partial charge < -0.3 is 4.74 Å². The maximum atomic E-state index is 11.7. The van der Waals surface area contributed by atoms with Gasteiger partial charge >= 0.3 is 5.97 Å². The van der Waals surface area contributed by atoms with Crippen molar-refractivity contribution in [1.82, 2.24) is 0 Å². The summed E-state index contributed by atoms with van der Waals surface area (Å²) in [6.07, 6.45) is 2.05. The number of carbonyl (C=O) groups excluding carboxylic acids is 1. The lowest BCUT2D eigenvalue weighted by molar-refractivity contribution is -0.145. The van der Waals surface area contributed by atoms with Gasteiger partial charge in [0.25, 0.3) is 0 Å². The Morgan fingerprint density at radius 3 is 2.24 bits per heavy atom. The van der Waals surface area contributed by atoms with E-state index in [-0.39, 0.29) is 5.97 Å². The molecule has 0 heterocycles. The molecule has 2 nitrogen and oxygen atoms in total. The summed E-state index contributed by atoms with van der Waals surface area (Å²) in [5.74, 6) is -0.168. The summed E-state index contributed by atoms with van der Waals surface area (Å²) < 4.78 is 4.52. The fourth-order valence-electron chi connectivity index (χ4n) is 1.28. The second kappa shape index (κ2) is 6.36. The van der Waals surface area contributed by atoms with Crippen LogP contribution < -0.4 is 0 Å². The van der Waals surface area contributed by atoms with Crippen molar-refractivity contribution < 1.29 is 9.53 Å². The summed E-state index contributed by atoms with van der Waals surface area (Å²) in [5, 5.41) is 0. The van der Waals surface area contributed by atoms with E-state index in [2.05, 4.69) is 12.1 Å². The fourth-order valence-corrected chi connectivity index (χ4v) is 2.70. The lowest BCUT2D eigenvalue weighted by atomic mass is 10.2. The Balaban J connectivity index is 2.71. The van der Waals surface area contributed by atoms with Crippen LogP contribution in [0, 0.1) is 0 Å². The van der Waals surface area contributed by atoms with Crippen LogP contribution in [0.2, 0.25) is 0 Å². The average Bonchev–Trinajstić information content (AvgIpc) is 2.30. The third kappa shape index (κ3) is 4.28. The molecule has 0 atom stereocenters. The Hall–Kier alpha value is -0.610. The number of ether oxygens (including phenoxy) is 1. The van der Waals surface area contributed by atoms with Gasteiger partial charge in [0.15, 0.2) is 0 Å². The van der Waals surface area contributed by atoms with Gasteiger partial charge in [-0.2, -0.15) is 0 Å². The SMILES string of the molecule is CCOC(=O)C(C)(C)Sc1ccc(SC)cc1. The minimum Gasteiger partial charge on any atom is -0.465 e. The quantitative estimate of drug-likeness (QED) is 0.600. The van der Waals surface area contributed by atoms with Gasteiger partial charge in [0.05, 0.1) is 6.61 Å². The van der Waals surface area contributed by atoms with Crippen LogP contribution in [0.15, 0.2) is 34.1 Å². The summed E-state index contributed by atoms with van der Waals surface area (Å²) >= 11 is 3.24. The van der Waals surface area contributed by atoms with Crippen LogP contribution in [-0.4, -0.2) is 23.6 Å². The first-order chi connectivity index (χ1) is 7.99. The maximum absolute atomic E-state index is 11.7. The van der Waals surface area contributed by atoms with Crippen LogP contribution >= 0.6 is 23.5 Å². The van der Waals surface area contributed by atoms with Crippen molar-refractivity contribution >= 4 is 29.5 Å². The topological polar surface area (TPSA) is 26.3 Å². The minimum absolute atomic E-state index is 0.168. The lowest BCUT2D eigenvalue weighted by Gasteiger charge is -2.21. The predicted octanol–water partition coefficient (Wildman–Crippen LogP) is 3.84. The molecule has 0 saturated heterocycles. The fraction of sp³-hybridized carbons (Fsp3) is 0.462. The van der Waals surface area contributed by atoms with Crippen molar-refractivity contribution in [3.8, 4) is 0 Å². The normalized spacial score (nSPS) is 11.3. The van der Waals surface area contributed by atoms with Crippen LogP contribution in [-0.2, 0) is 9.53 Å². The predicted molar refractivity (Wildman–Crippen MR) is 74.8 cm³/mol. The van der Waals surface area contributed by atoms with Gasteiger partial charge in [-0.3, -0.25) is 4.79 Å². The van der Waals surface area contributed by atoms with Crippen molar-refractivity contribution in [1.29, 1.82) is 0 Å². The van der Waals surface area contributed by atoms with E-state index in [1.807, 2.05) is 39.2 Å². The highest BCUT2D eigenvalue weighted by molar-refractivity contribution is 8.01. The first kappa shape index (κ1) is 14.5. The Morgan fingerprint density at radius 2 is 1.76 bits per heavy atom. The average molecular weight is 270 g/mol. The first-order valence-corrected chi connectivity index (χ1v) is 7.54. The number of hydrogen-bond acceptors (Lipinski definition) is 4.